The first kappa shape index (κ1) is 10.8. The van der Waals surface area contributed by atoms with Crippen LogP contribution in [0.2, 0.25) is 0 Å². The Bertz CT molecular complexity index is 567. The Morgan fingerprint density at radius 1 is 1.06 bits per heavy atom. The summed E-state index contributed by atoms with van der Waals surface area (Å²) in [6.07, 6.45) is 7.14. The summed E-state index contributed by atoms with van der Waals surface area (Å²) in [5, 5.41) is 0. The van der Waals surface area contributed by atoms with E-state index in [9.17, 15) is 0 Å². The Hall–Kier alpha value is -2.36. The maximum Gasteiger partial charge on any atom is 0.168 e. The summed E-state index contributed by atoms with van der Waals surface area (Å²) in [5.41, 5.74) is 1.85. The van der Waals surface area contributed by atoms with Crippen LogP contribution in [-0.4, -0.2) is 23.2 Å². The van der Waals surface area contributed by atoms with E-state index in [1.165, 1.54) is 6.33 Å². The molecule has 2 heterocycles. The molecule has 0 N–H and O–H groups in total. The summed E-state index contributed by atoms with van der Waals surface area (Å²) in [7, 11) is 0. The highest BCUT2D eigenvalue weighted by Crippen LogP contribution is 2.34. The summed E-state index contributed by atoms with van der Waals surface area (Å²) in [6, 6.07) is 7.71. The Kier molecular flexibility index (Phi) is 2.92. The van der Waals surface area contributed by atoms with E-state index < -0.39 is 0 Å². The van der Waals surface area contributed by atoms with Crippen LogP contribution in [0, 0.1) is 0 Å². The van der Waals surface area contributed by atoms with Crippen molar-refractivity contribution in [2.75, 3.05) is 13.2 Å². The van der Waals surface area contributed by atoms with Crippen LogP contribution in [0.5, 0.6) is 11.5 Å². The number of rotatable bonds is 2. The molecule has 18 heavy (non-hydrogen) atoms. The van der Waals surface area contributed by atoms with Crippen molar-refractivity contribution < 1.29 is 9.47 Å². The number of benzene rings is 1. The van der Waals surface area contributed by atoms with Crippen LogP contribution in [0.25, 0.3) is 12.2 Å². The first-order valence-electron chi connectivity index (χ1n) is 5.76. The molecule has 1 aromatic heterocycles. The third-order valence-corrected chi connectivity index (χ3v) is 2.64. The van der Waals surface area contributed by atoms with Crippen LogP contribution in [-0.2, 0) is 0 Å². The van der Waals surface area contributed by atoms with Gasteiger partial charge in [-0.05, 0) is 24.3 Å². The minimum Gasteiger partial charge on any atom is -0.486 e. The van der Waals surface area contributed by atoms with Gasteiger partial charge < -0.3 is 9.47 Å². The minimum absolute atomic E-state index is 0.589. The van der Waals surface area contributed by atoms with E-state index in [2.05, 4.69) is 9.97 Å². The minimum atomic E-state index is 0.589. The predicted molar refractivity (Wildman–Crippen MR) is 68.4 cm³/mol. The quantitative estimate of drug-likeness (QED) is 0.808. The zero-order valence-corrected chi connectivity index (χ0v) is 9.74. The van der Waals surface area contributed by atoms with Gasteiger partial charge in [0.2, 0.25) is 0 Å². The van der Waals surface area contributed by atoms with Crippen LogP contribution < -0.4 is 9.47 Å². The number of hydrogen-bond acceptors (Lipinski definition) is 4. The van der Waals surface area contributed by atoms with Gasteiger partial charge in [0.05, 0.1) is 5.69 Å². The van der Waals surface area contributed by atoms with Crippen molar-refractivity contribution >= 4 is 12.2 Å². The van der Waals surface area contributed by atoms with Gasteiger partial charge >= 0.3 is 0 Å². The molecule has 0 spiro atoms. The fourth-order valence-corrected chi connectivity index (χ4v) is 1.80. The molecule has 2 aromatic rings. The van der Waals surface area contributed by atoms with Gasteiger partial charge in [-0.25, -0.2) is 9.97 Å². The lowest BCUT2D eigenvalue weighted by molar-refractivity contribution is 0.171. The largest absolute Gasteiger partial charge is 0.486 e. The van der Waals surface area contributed by atoms with E-state index in [1.807, 2.05) is 36.4 Å². The maximum absolute atomic E-state index is 5.63. The first-order valence-corrected chi connectivity index (χ1v) is 5.76. The lowest BCUT2D eigenvalue weighted by Gasteiger charge is -2.19. The van der Waals surface area contributed by atoms with Gasteiger partial charge in [-0.1, -0.05) is 12.1 Å². The highest BCUT2D eigenvalue weighted by molar-refractivity contribution is 5.73. The standard InChI is InChI=1S/C14H12N2O2/c1-2-11(4-5-12-6-7-15-10-16-12)14-13(3-1)17-8-9-18-14/h1-7,10H,8-9H2/b5-4+. The molecule has 90 valence electrons. The molecule has 0 unspecified atom stereocenters. The van der Waals surface area contributed by atoms with Crippen molar-refractivity contribution in [3.05, 3.63) is 48.0 Å². The van der Waals surface area contributed by atoms with Gasteiger partial charge in [-0.15, -0.1) is 0 Å². The van der Waals surface area contributed by atoms with Crippen LogP contribution >= 0.6 is 0 Å². The molecule has 0 saturated carbocycles. The average molecular weight is 240 g/mol. The number of para-hydroxylation sites is 1. The van der Waals surface area contributed by atoms with Gasteiger partial charge in [0.15, 0.2) is 11.5 Å². The van der Waals surface area contributed by atoms with Crippen molar-refractivity contribution in [3.8, 4) is 11.5 Å². The second-order valence-electron chi connectivity index (χ2n) is 3.84. The van der Waals surface area contributed by atoms with E-state index in [0.29, 0.717) is 13.2 Å². The summed E-state index contributed by atoms with van der Waals surface area (Å²) in [6.45, 7) is 1.19. The van der Waals surface area contributed by atoms with Crippen molar-refractivity contribution in [3.63, 3.8) is 0 Å². The number of hydrogen-bond donors (Lipinski definition) is 0. The van der Waals surface area contributed by atoms with Crippen LogP contribution in [0.4, 0.5) is 0 Å². The first-order chi connectivity index (χ1) is 8.93. The summed E-state index contributed by atoms with van der Waals surface area (Å²) >= 11 is 0. The van der Waals surface area contributed by atoms with E-state index in [4.69, 9.17) is 9.47 Å². The lowest BCUT2D eigenvalue weighted by Crippen LogP contribution is -2.15. The number of fused-ring (bicyclic) bond motifs is 1. The van der Waals surface area contributed by atoms with Crippen LogP contribution in [0.3, 0.4) is 0 Å². The fraction of sp³-hybridized carbons (Fsp3) is 0.143. The molecule has 0 aliphatic carbocycles. The van der Waals surface area contributed by atoms with E-state index in [1.54, 1.807) is 6.20 Å². The summed E-state index contributed by atoms with van der Waals surface area (Å²) in [5.74, 6) is 1.60. The average Bonchev–Trinajstić information content (AvgIpc) is 2.46. The van der Waals surface area contributed by atoms with Gasteiger partial charge in [0, 0.05) is 11.8 Å². The highest BCUT2D eigenvalue weighted by Gasteiger charge is 2.13. The Labute approximate surface area is 105 Å². The second-order valence-corrected chi connectivity index (χ2v) is 3.84. The molecular formula is C14H12N2O2. The number of aromatic nitrogens is 2. The lowest BCUT2D eigenvalue weighted by atomic mass is 10.1. The molecule has 0 atom stereocenters. The van der Waals surface area contributed by atoms with Crippen molar-refractivity contribution in [2.24, 2.45) is 0 Å². The van der Waals surface area contributed by atoms with Gasteiger partial charge in [0.1, 0.15) is 19.5 Å². The smallest absolute Gasteiger partial charge is 0.168 e. The summed E-state index contributed by atoms with van der Waals surface area (Å²) in [4.78, 5) is 8.02. The molecular weight excluding hydrogens is 228 g/mol. The molecule has 0 bridgehead atoms. The molecule has 4 heteroatoms. The maximum atomic E-state index is 5.63. The third-order valence-electron chi connectivity index (χ3n) is 2.64. The van der Waals surface area contributed by atoms with Gasteiger partial charge in [0.25, 0.3) is 0 Å². The van der Waals surface area contributed by atoms with E-state index in [-0.39, 0.29) is 0 Å². The Balaban J connectivity index is 1.91. The van der Waals surface area contributed by atoms with Crippen LogP contribution in [0.15, 0.2) is 36.8 Å². The normalized spacial score (nSPS) is 13.8. The van der Waals surface area contributed by atoms with E-state index in [0.717, 1.165) is 22.8 Å². The van der Waals surface area contributed by atoms with Gasteiger partial charge in [-0.3, -0.25) is 0 Å². The van der Waals surface area contributed by atoms with Crippen molar-refractivity contribution in [2.45, 2.75) is 0 Å². The topological polar surface area (TPSA) is 44.2 Å². The highest BCUT2D eigenvalue weighted by atomic mass is 16.6. The predicted octanol–water partition coefficient (Wildman–Crippen LogP) is 2.42. The van der Waals surface area contributed by atoms with Crippen molar-refractivity contribution in [1.82, 2.24) is 9.97 Å². The Morgan fingerprint density at radius 2 is 2.00 bits per heavy atom. The molecule has 1 aliphatic rings. The summed E-state index contributed by atoms with van der Waals surface area (Å²) < 4.78 is 11.2. The molecule has 0 saturated heterocycles. The molecule has 1 aliphatic heterocycles. The fourth-order valence-electron chi connectivity index (χ4n) is 1.80. The third kappa shape index (κ3) is 2.18. The van der Waals surface area contributed by atoms with Crippen LogP contribution in [0.1, 0.15) is 11.3 Å². The molecule has 3 rings (SSSR count). The number of ether oxygens (including phenoxy) is 2. The zero-order valence-electron chi connectivity index (χ0n) is 9.74. The van der Waals surface area contributed by atoms with Gasteiger partial charge in [-0.2, -0.15) is 0 Å². The SMILES string of the molecule is C(=C\c1cccc2c1OCCO2)/c1ccncn1. The van der Waals surface area contributed by atoms with E-state index >= 15 is 0 Å². The molecule has 1 aromatic carbocycles. The molecule has 0 radical (unpaired) electrons. The monoisotopic (exact) mass is 240 g/mol. The Morgan fingerprint density at radius 3 is 2.89 bits per heavy atom. The second kappa shape index (κ2) is 4.87. The molecule has 4 nitrogen and oxygen atoms in total. The molecule has 0 amide bonds. The number of nitrogens with zero attached hydrogens (tertiary/aromatic N) is 2. The molecule has 0 fully saturated rings. The zero-order chi connectivity index (χ0) is 12.2. The van der Waals surface area contributed by atoms with Crippen molar-refractivity contribution in [1.29, 1.82) is 0 Å².